The van der Waals surface area contributed by atoms with Gasteiger partial charge < -0.3 is 20.4 Å². The van der Waals surface area contributed by atoms with Crippen molar-refractivity contribution in [2.24, 2.45) is 10.9 Å². The summed E-state index contributed by atoms with van der Waals surface area (Å²) in [5.74, 6) is 1.85. The Morgan fingerprint density at radius 2 is 1.81 bits per heavy atom. The van der Waals surface area contributed by atoms with Crippen molar-refractivity contribution in [2.45, 2.75) is 58.3 Å². The van der Waals surface area contributed by atoms with E-state index in [4.69, 9.17) is 0 Å². The molecule has 3 aliphatic rings. The highest BCUT2D eigenvalue weighted by Gasteiger charge is 2.31. The fourth-order valence-corrected chi connectivity index (χ4v) is 4.51. The van der Waals surface area contributed by atoms with Gasteiger partial charge in [-0.1, -0.05) is 12.8 Å². The van der Waals surface area contributed by atoms with Crippen molar-refractivity contribution in [3.05, 3.63) is 0 Å². The van der Waals surface area contributed by atoms with E-state index in [-0.39, 0.29) is 0 Å². The molecule has 0 bridgehead atoms. The summed E-state index contributed by atoms with van der Waals surface area (Å²) in [6, 6.07) is 0. The summed E-state index contributed by atoms with van der Waals surface area (Å²) >= 11 is 0. The quantitative estimate of drug-likeness (QED) is 0.325. The summed E-state index contributed by atoms with van der Waals surface area (Å²) in [6.45, 7) is 10.8. The van der Waals surface area contributed by atoms with Gasteiger partial charge in [0.1, 0.15) is 0 Å². The zero-order valence-corrected chi connectivity index (χ0v) is 19.4. The summed E-state index contributed by atoms with van der Waals surface area (Å²) < 4.78 is 0. The first kappa shape index (κ1) is 23.8. The number of nitrogens with one attached hydrogen (secondary N) is 2. The van der Waals surface area contributed by atoms with Crippen molar-refractivity contribution >= 4 is 17.8 Å². The lowest BCUT2D eigenvalue weighted by Crippen LogP contribution is -2.52. The minimum absolute atomic E-state index is 0.306. The Balaban J connectivity index is 1.30. The summed E-state index contributed by atoms with van der Waals surface area (Å²) in [6.07, 6.45) is 8.33. The SMILES string of the molecule is CCNC(=NCCCN1CCCCCC1=O)NCCN1CCN(C(=O)C2CCC2)CC1. The number of rotatable bonds is 9. The summed E-state index contributed by atoms with van der Waals surface area (Å²) in [7, 11) is 0. The predicted octanol–water partition coefficient (Wildman–Crippen LogP) is 1.28. The number of carbonyl (C=O) groups excluding carboxylic acids is 2. The standard InChI is InChI=1S/C23H42N6O2/c1-2-24-23(25-11-7-14-28-13-5-3-4-10-21(28)30)26-12-15-27-16-18-29(19-17-27)22(31)20-8-6-9-20/h20H,2-19H2,1H3,(H2,24,25,26). The van der Waals surface area contributed by atoms with Crippen molar-refractivity contribution in [1.82, 2.24) is 25.3 Å². The van der Waals surface area contributed by atoms with Crippen LogP contribution in [0.5, 0.6) is 0 Å². The third kappa shape index (κ3) is 7.66. The lowest BCUT2D eigenvalue weighted by Gasteiger charge is -2.38. The first-order valence-corrected chi connectivity index (χ1v) is 12.5. The van der Waals surface area contributed by atoms with Crippen molar-refractivity contribution < 1.29 is 9.59 Å². The molecule has 0 aromatic heterocycles. The van der Waals surface area contributed by atoms with Crippen molar-refractivity contribution in [2.75, 3.05) is 65.4 Å². The Hall–Kier alpha value is -1.83. The lowest BCUT2D eigenvalue weighted by molar-refractivity contribution is -0.140. The van der Waals surface area contributed by atoms with Gasteiger partial charge in [0.25, 0.3) is 0 Å². The van der Waals surface area contributed by atoms with Crippen LogP contribution in [-0.2, 0) is 9.59 Å². The Labute approximate surface area is 187 Å². The molecule has 0 aromatic rings. The fraction of sp³-hybridized carbons (Fsp3) is 0.870. The molecule has 0 radical (unpaired) electrons. The number of guanidine groups is 1. The normalized spacial score (nSPS) is 21.6. The van der Waals surface area contributed by atoms with Crippen LogP contribution < -0.4 is 10.6 Å². The topological polar surface area (TPSA) is 80.3 Å². The van der Waals surface area contributed by atoms with Gasteiger partial charge >= 0.3 is 0 Å². The highest BCUT2D eigenvalue weighted by atomic mass is 16.2. The average Bonchev–Trinajstić information content (AvgIpc) is 2.94. The molecular formula is C23H42N6O2. The molecule has 1 saturated carbocycles. The van der Waals surface area contributed by atoms with Crippen LogP contribution >= 0.6 is 0 Å². The van der Waals surface area contributed by atoms with E-state index in [0.29, 0.717) is 24.2 Å². The molecule has 8 heteroatoms. The van der Waals surface area contributed by atoms with E-state index in [1.807, 2.05) is 4.90 Å². The van der Waals surface area contributed by atoms with Gasteiger partial charge in [-0.15, -0.1) is 0 Å². The molecule has 2 saturated heterocycles. The maximum Gasteiger partial charge on any atom is 0.225 e. The average molecular weight is 435 g/mol. The van der Waals surface area contributed by atoms with E-state index in [1.165, 1.54) is 12.8 Å². The number of amides is 2. The van der Waals surface area contributed by atoms with Gasteiger partial charge in [0.2, 0.25) is 11.8 Å². The molecule has 0 unspecified atom stereocenters. The van der Waals surface area contributed by atoms with Gasteiger partial charge in [0.15, 0.2) is 5.96 Å². The second-order valence-corrected chi connectivity index (χ2v) is 9.03. The second-order valence-electron chi connectivity index (χ2n) is 9.03. The van der Waals surface area contributed by atoms with Crippen LogP contribution in [0, 0.1) is 5.92 Å². The molecule has 3 rings (SSSR count). The van der Waals surface area contributed by atoms with Crippen molar-refractivity contribution in [3.63, 3.8) is 0 Å². The number of carbonyl (C=O) groups is 2. The molecular weight excluding hydrogens is 392 g/mol. The Bertz CT molecular complexity index is 599. The maximum atomic E-state index is 12.4. The second kappa shape index (κ2) is 12.9. The highest BCUT2D eigenvalue weighted by molar-refractivity contribution is 5.80. The summed E-state index contributed by atoms with van der Waals surface area (Å²) in [5, 5.41) is 6.74. The summed E-state index contributed by atoms with van der Waals surface area (Å²) in [4.78, 5) is 35.6. The molecule has 176 valence electrons. The minimum Gasteiger partial charge on any atom is -0.357 e. The van der Waals surface area contributed by atoms with Gasteiger partial charge in [-0.3, -0.25) is 19.5 Å². The van der Waals surface area contributed by atoms with Crippen LogP contribution in [0.2, 0.25) is 0 Å². The largest absolute Gasteiger partial charge is 0.357 e. The van der Waals surface area contributed by atoms with Crippen molar-refractivity contribution in [3.8, 4) is 0 Å². The number of aliphatic imine (C=N–C) groups is 1. The smallest absolute Gasteiger partial charge is 0.225 e. The number of hydrogen-bond acceptors (Lipinski definition) is 4. The zero-order chi connectivity index (χ0) is 21.9. The third-order valence-corrected chi connectivity index (χ3v) is 6.73. The number of likely N-dealkylation sites (tertiary alicyclic amines) is 1. The molecule has 8 nitrogen and oxygen atoms in total. The van der Waals surface area contributed by atoms with Crippen LogP contribution in [-0.4, -0.2) is 97.9 Å². The van der Waals surface area contributed by atoms with Gasteiger partial charge in [-0.2, -0.15) is 0 Å². The van der Waals surface area contributed by atoms with E-state index in [1.54, 1.807) is 0 Å². The van der Waals surface area contributed by atoms with E-state index in [9.17, 15) is 9.59 Å². The van der Waals surface area contributed by atoms with E-state index in [0.717, 1.165) is 104 Å². The first-order chi connectivity index (χ1) is 15.2. The monoisotopic (exact) mass is 434 g/mol. The molecule has 2 aliphatic heterocycles. The molecule has 1 aliphatic carbocycles. The van der Waals surface area contributed by atoms with E-state index in [2.05, 4.69) is 32.3 Å². The molecule has 2 heterocycles. The molecule has 2 N–H and O–H groups in total. The van der Waals surface area contributed by atoms with Crippen LogP contribution in [0.4, 0.5) is 0 Å². The van der Waals surface area contributed by atoms with Crippen LogP contribution in [0.25, 0.3) is 0 Å². The predicted molar refractivity (Wildman–Crippen MR) is 124 cm³/mol. The molecule has 31 heavy (non-hydrogen) atoms. The molecule has 2 amide bonds. The van der Waals surface area contributed by atoms with E-state index < -0.39 is 0 Å². The minimum atomic E-state index is 0.306. The van der Waals surface area contributed by atoms with Gasteiger partial charge in [0.05, 0.1) is 0 Å². The Morgan fingerprint density at radius 1 is 1.00 bits per heavy atom. The molecule has 0 aromatic carbocycles. The molecule has 0 spiro atoms. The van der Waals surface area contributed by atoms with E-state index >= 15 is 0 Å². The summed E-state index contributed by atoms with van der Waals surface area (Å²) in [5.41, 5.74) is 0. The van der Waals surface area contributed by atoms with Crippen LogP contribution in [0.15, 0.2) is 4.99 Å². The first-order valence-electron chi connectivity index (χ1n) is 12.5. The van der Waals surface area contributed by atoms with Crippen LogP contribution in [0.3, 0.4) is 0 Å². The van der Waals surface area contributed by atoms with Crippen molar-refractivity contribution in [1.29, 1.82) is 0 Å². The van der Waals surface area contributed by atoms with Gasteiger partial charge in [-0.05, 0) is 39.0 Å². The van der Waals surface area contributed by atoms with Gasteiger partial charge in [-0.25, -0.2) is 0 Å². The van der Waals surface area contributed by atoms with Crippen LogP contribution in [0.1, 0.15) is 58.3 Å². The highest BCUT2D eigenvalue weighted by Crippen LogP contribution is 2.28. The Morgan fingerprint density at radius 3 is 2.52 bits per heavy atom. The van der Waals surface area contributed by atoms with Gasteiger partial charge in [0, 0.05) is 77.8 Å². The number of hydrogen-bond donors (Lipinski definition) is 2. The molecule has 0 atom stereocenters. The third-order valence-electron chi connectivity index (χ3n) is 6.73. The fourth-order valence-electron chi connectivity index (χ4n) is 4.51. The maximum absolute atomic E-state index is 12.4. The number of nitrogens with zero attached hydrogens (tertiary/aromatic N) is 4. The zero-order valence-electron chi connectivity index (χ0n) is 19.4. The number of piperazine rings is 1. The molecule has 3 fully saturated rings. The Kier molecular flexibility index (Phi) is 9.90. The lowest BCUT2D eigenvalue weighted by atomic mass is 9.84.